The summed E-state index contributed by atoms with van der Waals surface area (Å²) < 4.78 is 79.7. The van der Waals surface area contributed by atoms with Crippen LogP contribution in [0.25, 0.3) is 0 Å². The van der Waals surface area contributed by atoms with E-state index in [2.05, 4.69) is 0 Å². The van der Waals surface area contributed by atoms with Crippen LogP contribution in [0.1, 0.15) is 33.4 Å². The van der Waals surface area contributed by atoms with Gasteiger partial charge in [0.1, 0.15) is 18.2 Å². The maximum absolute atomic E-state index is 13.4. The molecule has 0 N–H and O–H groups in total. The van der Waals surface area contributed by atoms with Crippen molar-refractivity contribution in [1.82, 2.24) is 0 Å². The molecule has 0 saturated heterocycles. The van der Waals surface area contributed by atoms with Gasteiger partial charge in [-0.1, -0.05) is 11.8 Å². The van der Waals surface area contributed by atoms with Crippen LogP contribution >= 0.6 is 11.8 Å². The molecule has 144 valence electrons. The minimum absolute atomic E-state index is 0.0295. The lowest BCUT2D eigenvalue weighted by Gasteiger charge is -2.20. The van der Waals surface area contributed by atoms with E-state index in [0.29, 0.717) is 11.8 Å². The third-order valence-electron chi connectivity index (χ3n) is 3.54. The van der Waals surface area contributed by atoms with E-state index >= 15 is 0 Å². The second-order valence-corrected chi connectivity index (χ2v) is 6.36. The van der Waals surface area contributed by atoms with Gasteiger partial charge in [0.05, 0.1) is 39.4 Å². The largest absolute Gasteiger partial charge is 0.418 e. The zero-order chi connectivity index (χ0) is 22.0. The highest BCUT2D eigenvalue weighted by atomic mass is 32.2. The Morgan fingerprint density at radius 3 is 1.79 bits per heavy atom. The zero-order valence-corrected chi connectivity index (χ0v) is 14.6. The summed E-state index contributed by atoms with van der Waals surface area (Å²) in [6.07, 6.45) is -11.0. The number of hydrogen-bond donors (Lipinski definition) is 0. The number of halogens is 6. The molecular formula is C18H4F6N4S. The lowest BCUT2D eigenvalue weighted by atomic mass is 9.97. The summed E-state index contributed by atoms with van der Waals surface area (Å²) in [5.74, 6) is 0. The number of rotatable bonds is 2. The molecule has 0 bridgehead atoms. The van der Waals surface area contributed by atoms with Gasteiger partial charge >= 0.3 is 12.4 Å². The number of alkyl halides is 6. The van der Waals surface area contributed by atoms with Gasteiger partial charge in [0.25, 0.3) is 0 Å². The van der Waals surface area contributed by atoms with Crippen LogP contribution in [0, 0.1) is 45.3 Å². The first-order valence-corrected chi connectivity index (χ1v) is 8.07. The highest BCUT2D eigenvalue weighted by Crippen LogP contribution is 2.47. The summed E-state index contributed by atoms with van der Waals surface area (Å²) in [6, 6.07) is 9.51. The molecule has 0 aliphatic carbocycles. The van der Waals surface area contributed by atoms with E-state index in [9.17, 15) is 42.1 Å². The first-order chi connectivity index (χ1) is 13.5. The van der Waals surface area contributed by atoms with Crippen LogP contribution in [0.5, 0.6) is 0 Å². The van der Waals surface area contributed by atoms with Gasteiger partial charge in [-0.15, -0.1) is 0 Å². The Kier molecular flexibility index (Phi) is 5.78. The summed E-state index contributed by atoms with van der Waals surface area (Å²) in [5.41, 5.74) is -6.63. The highest BCUT2D eigenvalue weighted by Gasteiger charge is 2.46. The lowest BCUT2D eigenvalue weighted by Crippen LogP contribution is -2.19. The van der Waals surface area contributed by atoms with Gasteiger partial charge in [-0.3, -0.25) is 0 Å². The molecule has 0 unspecified atom stereocenters. The molecule has 2 aromatic rings. The van der Waals surface area contributed by atoms with Crippen LogP contribution in [0.15, 0.2) is 34.1 Å². The maximum atomic E-state index is 13.4. The topological polar surface area (TPSA) is 95.2 Å². The molecule has 0 aliphatic rings. The third kappa shape index (κ3) is 4.27. The number of hydrogen-bond acceptors (Lipinski definition) is 5. The van der Waals surface area contributed by atoms with Crippen LogP contribution in [-0.2, 0) is 12.4 Å². The van der Waals surface area contributed by atoms with E-state index in [0.717, 1.165) is 12.1 Å². The SMILES string of the molecule is N#Cc1ccc(Sc2c(C#N)cc(C(F)(F)F)c(C(F)(F)F)c2C#N)c(C#N)c1. The summed E-state index contributed by atoms with van der Waals surface area (Å²) in [5, 5.41) is 36.4. The van der Waals surface area contributed by atoms with E-state index in [1.54, 1.807) is 12.1 Å². The van der Waals surface area contributed by atoms with Crippen molar-refractivity contribution in [2.75, 3.05) is 0 Å². The van der Waals surface area contributed by atoms with Gasteiger partial charge in [-0.2, -0.15) is 47.4 Å². The second-order valence-electron chi connectivity index (χ2n) is 5.31. The standard InChI is InChI=1S/C18H4F6N4S/c19-17(20,21)13-4-11(7-27)16(12(8-28)15(13)18(22,23)24)29-14-2-1-9(5-25)3-10(14)6-26/h1-4H. The Labute approximate surface area is 163 Å². The number of benzene rings is 2. The maximum Gasteiger partial charge on any atom is 0.418 e. The van der Waals surface area contributed by atoms with Crippen LogP contribution in [0.2, 0.25) is 0 Å². The van der Waals surface area contributed by atoms with Crippen LogP contribution in [-0.4, -0.2) is 0 Å². The van der Waals surface area contributed by atoms with Gasteiger partial charge in [-0.25, -0.2) is 0 Å². The molecular weight excluding hydrogens is 418 g/mol. The Balaban J connectivity index is 2.88. The third-order valence-corrected chi connectivity index (χ3v) is 4.75. The second kappa shape index (κ2) is 7.75. The molecule has 2 aromatic carbocycles. The smallest absolute Gasteiger partial charge is 0.192 e. The van der Waals surface area contributed by atoms with E-state index in [4.69, 9.17) is 5.26 Å². The Hall–Kier alpha value is -3.67. The van der Waals surface area contributed by atoms with Crippen LogP contribution < -0.4 is 0 Å². The van der Waals surface area contributed by atoms with Gasteiger partial charge in [0, 0.05) is 9.79 Å². The average molecular weight is 422 g/mol. The van der Waals surface area contributed by atoms with Crippen molar-refractivity contribution >= 4 is 11.8 Å². The summed E-state index contributed by atoms with van der Waals surface area (Å²) in [7, 11) is 0. The molecule has 0 aromatic heterocycles. The minimum atomic E-state index is -5.53. The minimum Gasteiger partial charge on any atom is -0.192 e. The molecule has 0 spiro atoms. The quantitative estimate of drug-likeness (QED) is 0.607. The van der Waals surface area contributed by atoms with Crippen molar-refractivity contribution in [1.29, 1.82) is 21.0 Å². The van der Waals surface area contributed by atoms with E-state index < -0.39 is 39.5 Å². The summed E-state index contributed by atoms with van der Waals surface area (Å²) in [6.45, 7) is 0. The van der Waals surface area contributed by atoms with Gasteiger partial charge < -0.3 is 0 Å². The van der Waals surface area contributed by atoms with Crippen molar-refractivity contribution in [2.24, 2.45) is 0 Å². The fourth-order valence-electron chi connectivity index (χ4n) is 2.36. The summed E-state index contributed by atoms with van der Waals surface area (Å²) in [4.78, 5) is -0.705. The van der Waals surface area contributed by atoms with Gasteiger partial charge in [0.2, 0.25) is 0 Å². The van der Waals surface area contributed by atoms with Gasteiger partial charge in [0.15, 0.2) is 0 Å². The average Bonchev–Trinajstić information content (AvgIpc) is 2.65. The highest BCUT2D eigenvalue weighted by molar-refractivity contribution is 7.99. The van der Waals surface area contributed by atoms with Gasteiger partial charge in [-0.05, 0) is 24.3 Å². The normalized spacial score (nSPS) is 11.1. The molecule has 2 rings (SSSR count). The number of nitrogens with zero attached hydrogens (tertiary/aromatic N) is 4. The molecule has 0 radical (unpaired) electrons. The molecule has 11 heteroatoms. The lowest BCUT2D eigenvalue weighted by molar-refractivity contribution is -0.162. The monoisotopic (exact) mass is 422 g/mol. The van der Waals surface area contributed by atoms with E-state index in [-0.39, 0.29) is 22.1 Å². The summed E-state index contributed by atoms with van der Waals surface area (Å²) >= 11 is 0.366. The molecule has 0 atom stereocenters. The molecule has 0 heterocycles. The Morgan fingerprint density at radius 1 is 0.724 bits per heavy atom. The number of nitriles is 4. The molecule has 0 saturated carbocycles. The molecule has 29 heavy (non-hydrogen) atoms. The first-order valence-electron chi connectivity index (χ1n) is 7.25. The fraction of sp³-hybridized carbons (Fsp3) is 0.111. The molecule has 0 fully saturated rings. The van der Waals surface area contributed by atoms with Crippen molar-refractivity contribution in [3.05, 3.63) is 57.6 Å². The van der Waals surface area contributed by atoms with Crippen LogP contribution in [0.4, 0.5) is 26.3 Å². The first kappa shape index (κ1) is 21.6. The van der Waals surface area contributed by atoms with Crippen LogP contribution in [0.3, 0.4) is 0 Å². The zero-order valence-electron chi connectivity index (χ0n) is 13.8. The predicted octanol–water partition coefficient (Wildman–Crippen LogP) is 5.36. The molecule has 4 nitrogen and oxygen atoms in total. The van der Waals surface area contributed by atoms with Crippen molar-refractivity contribution < 1.29 is 26.3 Å². The Morgan fingerprint density at radius 2 is 1.34 bits per heavy atom. The van der Waals surface area contributed by atoms with Crippen molar-refractivity contribution in [3.63, 3.8) is 0 Å². The Bertz CT molecular complexity index is 1150. The molecule has 0 amide bonds. The predicted molar refractivity (Wildman–Crippen MR) is 85.9 cm³/mol. The van der Waals surface area contributed by atoms with E-state index in [1.165, 1.54) is 18.2 Å². The van der Waals surface area contributed by atoms with Crippen molar-refractivity contribution in [2.45, 2.75) is 22.1 Å². The molecule has 0 aliphatic heterocycles. The van der Waals surface area contributed by atoms with E-state index in [1.807, 2.05) is 0 Å². The van der Waals surface area contributed by atoms with Crippen molar-refractivity contribution in [3.8, 4) is 24.3 Å². The fourth-order valence-corrected chi connectivity index (χ4v) is 3.40.